The van der Waals surface area contributed by atoms with E-state index in [-0.39, 0.29) is 12.1 Å². The van der Waals surface area contributed by atoms with Crippen molar-refractivity contribution in [2.24, 2.45) is 0 Å². The topological polar surface area (TPSA) is 50.8 Å². The van der Waals surface area contributed by atoms with Gasteiger partial charge < -0.3 is 19.7 Å². The summed E-state index contributed by atoms with van der Waals surface area (Å²) in [5.41, 5.74) is 2.45. The summed E-state index contributed by atoms with van der Waals surface area (Å²) in [5, 5.41) is 2.79. The van der Waals surface area contributed by atoms with Gasteiger partial charge in [-0.2, -0.15) is 0 Å². The van der Waals surface area contributed by atoms with Crippen LogP contribution in [-0.4, -0.2) is 45.0 Å². The average Bonchev–Trinajstić information content (AvgIpc) is 2.86. The molecule has 2 heterocycles. The Labute approximate surface area is 112 Å². The van der Waals surface area contributed by atoms with Gasteiger partial charge in [0.15, 0.2) is 0 Å². The van der Waals surface area contributed by atoms with Crippen molar-refractivity contribution in [2.45, 2.75) is 12.5 Å². The van der Waals surface area contributed by atoms with E-state index in [2.05, 4.69) is 34.5 Å². The number of carbonyl (C=O) groups excluding carboxylic acids is 1. The standard InChI is InChI=1S/C14H18N2O3/c17-14-15-12(10-19-14)9-11-1-3-13(4-2-11)16-5-7-18-8-6-16/h1-4,12H,5-10H2,(H,15,17). The molecule has 0 radical (unpaired) electrons. The first-order valence-electron chi connectivity index (χ1n) is 6.66. The minimum atomic E-state index is -0.310. The molecule has 0 aromatic heterocycles. The van der Waals surface area contributed by atoms with Gasteiger partial charge in [-0.25, -0.2) is 4.79 Å². The highest BCUT2D eigenvalue weighted by atomic mass is 16.6. The van der Waals surface area contributed by atoms with Gasteiger partial charge in [0.1, 0.15) is 6.61 Å². The maximum Gasteiger partial charge on any atom is 0.407 e. The molecule has 5 nitrogen and oxygen atoms in total. The second-order valence-electron chi connectivity index (χ2n) is 4.91. The summed E-state index contributed by atoms with van der Waals surface area (Å²) >= 11 is 0. The maximum atomic E-state index is 11.0. The summed E-state index contributed by atoms with van der Waals surface area (Å²) in [7, 11) is 0. The summed E-state index contributed by atoms with van der Waals surface area (Å²) in [5.74, 6) is 0. The Kier molecular flexibility index (Phi) is 3.55. The highest BCUT2D eigenvalue weighted by molar-refractivity contribution is 5.69. The van der Waals surface area contributed by atoms with Crippen LogP contribution >= 0.6 is 0 Å². The van der Waals surface area contributed by atoms with Crippen LogP contribution in [0.4, 0.5) is 10.5 Å². The summed E-state index contributed by atoms with van der Waals surface area (Å²) in [6, 6.07) is 8.61. The van der Waals surface area contributed by atoms with Crippen molar-refractivity contribution in [3.63, 3.8) is 0 Å². The SMILES string of the molecule is O=C1NC(Cc2ccc(N3CCOCC3)cc2)CO1. The number of alkyl carbamates (subject to hydrolysis) is 1. The smallest absolute Gasteiger partial charge is 0.407 e. The van der Waals surface area contributed by atoms with E-state index in [1.54, 1.807) is 0 Å². The first kappa shape index (κ1) is 12.3. The lowest BCUT2D eigenvalue weighted by Crippen LogP contribution is -2.36. The van der Waals surface area contributed by atoms with Crippen LogP contribution in [-0.2, 0) is 15.9 Å². The molecule has 2 aliphatic heterocycles. The molecule has 0 bridgehead atoms. The fourth-order valence-electron chi connectivity index (χ4n) is 2.49. The molecule has 2 fully saturated rings. The van der Waals surface area contributed by atoms with Gasteiger partial charge in [0.25, 0.3) is 0 Å². The monoisotopic (exact) mass is 262 g/mol. The lowest BCUT2D eigenvalue weighted by Gasteiger charge is -2.29. The van der Waals surface area contributed by atoms with E-state index in [4.69, 9.17) is 9.47 Å². The Morgan fingerprint density at radius 2 is 1.95 bits per heavy atom. The quantitative estimate of drug-likeness (QED) is 0.888. The molecule has 1 aromatic rings. The second kappa shape index (κ2) is 5.48. The number of hydrogen-bond acceptors (Lipinski definition) is 4. The van der Waals surface area contributed by atoms with E-state index in [1.807, 2.05) is 0 Å². The zero-order valence-corrected chi connectivity index (χ0v) is 10.8. The summed E-state index contributed by atoms with van der Waals surface area (Å²) in [6.45, 7) is 3.96. The first-order valence-corrected chi connectivity index (χ1v) is 6.66. The molecule has 0 saturated carbocycles. The number of ether oxygens (including phenoxy) is 2. The third-order valence-corrected chi connectivity index (χ3v) is 3.53. The van der Waals surface area contributed by atoms with Crippen LogP contribution in [0.5, 0.6) is 0 Å². The third kappa shape index (κ3) is 2.98. The minimum absolute atomic E-state index is 0.0988. The number of rotatable bonds is 3. The molecule has 5 heteroatoms. The molecular weight excluding hydrogens is 244 g/mol. The normalized spacial score (nSPS) is 23.1. The molecule has 2 saturated heterocycles. The largest absolute Gasteiger partial charge is 0.447 e. The van der Waals surface area contributed by atoms with Gasteiger partial charge in [-0.15, -0.1) is 0 Å². The van der Waals surface area contributed by atoms with Crippen LogP contribution in [0.15, 0.2) is 24.3 Å². The number of carbonyl (C=O) groups is 1. The Balaban J connectivity index is 1.60. The van der Waals surface area contributed by atoms with Crippen molar-refractivity contribution in [3.05, 3.63) is 29.8 Å². The number of morpholine rings is 1. The van der Waals surface area contributed by atoms with Crippen molar-refractivity contribution in [3.8, 4) is 0 Å². The summed E-state index contributed by atoms with van der Waals surface area (Å²) in [4.78, 5) is 13.3. The zero-order chi connectivity index (χ0) is 13.1. The Morgan fingerprint density at radius 1 is 1.21 bits per heavy atom. The third-order valence-electron chi connectivity index (χ3n) is 3.53. The molecule has 1 atom stereocenters. The maximum absolute atomic E-state index is 11.0. The number of nitrogens with one attached hydrogen (secondary N) is 1. The molecule has 1 unspecified atom stereocenters. The Bertz CT molecular complexity index is 441. The van der Waals surface area contributed by atoms with Crippen LogP contribution < -0.4 is 10.2 Å². The lowest BCUT2D eigenvalue weighted by atomic mass is 10.1. The van der Waals surface area contributed by atoms with Crippen molar-refractivity contribution >= 4 is 11.8 Å². The molecule has 1 amide bonds. The number of benzene rings is 1. The molecule has 1 aromatic carbocycles. The molecule has 0 aliphatic carbocycles. The predicted molar refractivity (Wildman–Crippen MR) is 71.4 cm³/mol. The van der Waals surface area contributed by atoms with Gasteiger partial charge in [0.2, 0.25) is 0 Å². The van der Waals surface area contributed by atoms with Gasteiger partial charge in [0, 0.05) is 18.8 Å². The predicted octanol–water partition coefficient (Wildman–Crippen LogP) is 1.17. The van der Waals surface area contributed by atoms with Crippen LogP contribution in [0.25, 0.3) is 0 Å². The fourth-order valence-corrected chi connectivity index (χ4v) is 2.49. The second-order valence-corrected chi connectivity index (χ2v) is 4.91. The molecule has 19 heavy (non-hydrogen) atoms. The van der Waals surface area contributed by atoms with Crippen LogP contribution in [0, 0.1) is 0 Å². The summed E-state index contributed by atoms with van der Waals surface area (Å²) in [6.07, 6.45) is 0.504. The Morgan fingerprint density at radius 3 is 2.58 bits per heavy atom. The number of nitrogens with zero attached hydrogens (tertiary/aromatic N) is 1. The molecule has 2 aliphatic rings. The van der Waals surface area contributed by atoms with E-state index in [1.165, 1.54) is 11.3 Å². The van der Waals surface area contributed by atoms with Crippen molar-refractivity contribution in [1.29, 1.82) is 0 Å². The molecule has 1 N–H and O–H groups in total. The average molecular weight is 262 g/mol. The van der Waals surface area contributed by atoms with E-state index >= 15 is 0 Å². The van der Waals surface area contributed by atoms with Crippen LogP contribution in [0.1, 0.15) is 5.56 Å². The van der Waals surface area contributed by atoms with E-state index < -0.39 is 0 Å². The fraction of sp³-hybridized carbons (Fsp3) is 0.500. The minimum Gasteiger partial charge on any atom is -0.447 e. The van der Waals surface area contributed by atoms with Gasteiger partial charge in [-0.1, -0.05) is 12.1 Å². The number of anilines is 1. The summed E-state index contributed by atoms with van der Waals surface area (Å²) < 4.78 is 10.2. The molecule has 3 rings (SSSR count). The number of hydrogen-bond donors (Lipinski definition) is 1. The van der Waals surface area contributed by atoms with Gasteiger partial charge >= 0.3 is 6.09 Å². The molecular formula is C14H18N2O3. The van der Waals surface area contributed by atoms with Gasteiger partial charge in [-0.05, 0) is 24.1 Å². The van der Waals surface area contributed by atoms with Crippen molar-refractivity contribution in [2.75, 3.05) is 37.8 Å². The molecule has 102 valence electrons. The highest BCUT2D eigenvalue weighted by Gasteiger charge is 2.22. The van der Waals surface area contributed by atoms with Crippen molar-refractivity contribution in [1.82, 2.24) is 5.32 Å². The van der Waals surface area contributed by atoms with Crippen LogP contribution in [0.2, 0.25) is 0 Å². The highest BCUT2D eigenvalue weighted by Crippen LogP contribution is 2.18. The number of amides is 1. The van der Waals surface area contributed by atoms with Gasteiger partial charge in [0.05, 0.1) is 19.3 Å². The Hall–Kier alpha value is -1.75. The lowest BCUT2D eigenvalue weighted by molar-refractivity contribution is 0.122. The first-order chi connectivity index (χ1) is 9.31. The van der Waals surface area contributed by atoms with Crippen LogP contribution in [0.3, 0.4) is 0 Å². The van der Waals surface area contributed by atoms with Gasteiger partial charge in [-0.3, -0.25) is 0 Å². The van der Waals surface area contributed by atoms with E-state index in [9.17, 15) is 4.79 Å². The number of cyclic esters (lactones) is 1. The van der Waals surface area contributed by atoms with E-state index in [0.717, 1.165) is 32.7 Å². The van der Waals surface area contributed by atoms with E-state index in [0.29, 0.717) is 6.61 Å². The van der Waals surface area contributed by atoms with Crippen molar-refractivity contribution < 1.29 is 14.3 Å². The zero-order valence-electron chi connectivity index (χ0n) is 10.8. The molecule has 0 spiro atoms.